The molecule has 1 aromatic carbocycles. The van der Waals surface area contributed by atoms with Gasteiger partial charge >= 0.3 is 0 Å². The van der Waals surface area contributed by atoms with E-state index in [2.05, 4.69) is 6.92 Å². The summed E-state index contributed by atoms with van der Waals surface area (Å²) in [5.74, 6) is -0.0826. The molecule has 0 spiro atoms. The maximum Gasteiger partial charge on any atom is 0.264 e. The zero-order valence-corrected chi connectivity index (χ0v) is 12.6. The average Bonchev–Trinajstić information content (AvgIpc) is 2.39. The van der Waals surface area contributed by atoms with Crippen LogP contribution in [0.3, 0.4) is 0 Å². The van der Waals surface area contributed by atoms with Crippen LogP contribution >= 0.6 is 0 Å². The van der Waals surface area contributed by atoms with Crippen molar-refractivity contribution in [2.24, 2.45) is 0 Å². The standard InChI is InChI=1S/C9H20O3S.C6H6/c1-2-3-4-5-6-7-8-9-13(10,11)12;1-2-4-6-5-3-1/h2-9H2,1H3,(H,10,11,12);1-6H. The van der Waals surface area contributed by atoms with Crippen LogP contribution in [0.5, 0.6) is 0 Å². The normalized spacial score (nSPS) is 10.6. The summed E-state index contributed by atoms with van der Waals surface area (Å²) < 4.78 is 29.1. The molecule has 110 valence electrons. The monoisotopic (exact) mass is 286 g/mol. The minimum atomic E-state index is -3.72. The Hall–Kier alpha value is -0.870. The Balaban J connectivity index is 0.000000443. The van der Waals surface area contributed by atoms with E-state index < -0.39 is 10.1 Å². The Morgan fingerprint density at radius 3 is 1.47 bits per heavy atom. The highest BCUT2D eigenvalue weighted by Crippen LogP contribution is 2.07. The van der Waals surface area contributed by atoms with Gasteiger partial charge in [0.15, 0.2) is 0 Å². The molecule has 0 unspecified atom stereocenters. The Labute approximate surface area is 117 Å². The minimum Gasteiger partial charge on any atom is -0.286 e. The second kappa shape index (κ2) is 12.2. The lowest BCUT2D eigenvalue weighted by Gasteiger charge is -1.99. The molecular weight excluding hydrogens is 260 g/mol. The predicted octanol–water partition coefficient (Wildman–Crippen LogP) is 4.31. The molecule has 1 aromatic rings. The molecule has 1 rings (SSSR count). The molecule has 3 nitrogen and oxygen atoms in total. The van der Waals surface area contributed by atoms with Crippen molar-refractivity contribution < 1.29 is 13.0 Å². The van der Waals surface area contributed by atoms with Crippen LogP contribution in [0.4, 0.5) is 0 Å². The van der Waals surface area contributed by atoms with Gasteiger partial charge in [-0.2, -0.15) is 8.42 Å². The summed E-state index contributed by atoms with van der Waals surface area (Å²) in [6.45, 7) is 2.17. The van der Waals surface area contributed by atoms with Crippen LogP contribution in [0.1, 0.15) is 51.9 Å². The van der Waals surface area contributed by atoms with Gasteiger partial charge in [0, 0.05) is 0 Å². The molecule has 4 heteroatoms. The third kappa shape index (κ3) is 17.1. The molecule has 0 bridgehead atoms. The molecule has 0 heterocycles. The third-order valence-corrected chi connectivity index (χ3v) is 3.48. The van der Waals surface area contributed by atoms with Gasteiger partial charge in [0.2, 0.25) is 0 Å². The largest absolute Gasteiger partial charge is 0.286 e. The maximum atomic E-state index is 10.3. The SMILES string of the molecule is CCCCCCCCCS(=O)(=O)O.c1ccccc1. The van der Waals surface area contributed by atoms with Crippen molar-refractivity contribution in [3.05, 3.63) is 36.4 Å². The molecule has 0 radical (unpaired) electrons. The third-order valence-electron chi connectivity index (χ3n) is 2.67. The van der Waals surface area contributed by atoms with Crippen molar-refractivity contribution in [1.82, 2.24) is 0 Å². The lowest BCUT2D eigenvalue weighted by atomic mass is 10.1. The summed E-state index contributed by atoms with van der Waals surface area (Å²) in [4.78, 5) is 0. The summed E-state index contributed by atoms with van der Waals surface area (Å²) in [5, 5.41) is 0. The van der Waals surface area contributed by atoms with Crippen molar-refractivity contribution in [2.45, 2.75) is 51.9 Å². The minimum absolute atomic E-state index is 0.0826. The number of hydrogen-bond acceptors (Lipinski definition) is 2. The van der Waals surface area contributed by atoms with Crippen molar-refractivity contribution in [1.29, 1.82) is 0 Å². The summed E-state index contributed by atoms with van der Waals surface area (Å²) in [7, 11) is -3.72. The smallest absolute Gasteiger partial charge is 0.264 e. The average molecular weight is 286 g/mol. The number of benzene rings is 1. The summed E-state index contributed by atoms with van der Waals surface area (Å²) in [5.41, 5.74) is 0. The Morgan fingerprint density at radius 2 is 1.11 bits per heavy atom. The molecule has 0 saturated carbocycles. The van der Waals surface area contributed by atoms with Gasteiger partial charge in [-0.05, 0) is 6.42 Å². The van der Waals surface area contributed by atoms with Gasteiger partial charge in [-0.1, -0.05) is 81.8 Å². The van der Waals surface area contributed by atoms with E-state index >= 15 is 0 Å². The van der Waals surface area contributed by atoms with E-state index in [0.29, 0.717) is 6.42 Å². The fourth-order valence-electron chi connectivity index (χ4n) is 1.63. The van der Waals surface area contributed by atoms with E-state index in [-0.39, 0.29) is 5.75 Å². The van der Waals surface area contributed by atoms with Crippen LogP contribution < -0.4 is 0 Å². The van der Waals surface area contributed by atoms with Gasteiger partial charge in [-0.3, -0.25) is 4.55 Å². The molecule has 0 saturated heterocycles. The van der Waals surface area contributed by atoms with Crippen molar-refractivity contribution in [2.75, 3.05) is 5.75 Å². The highest BCUT2D eigenvalue weighted by Gasteiger charge is 2.02. The first-order valence-corrected chi connectivity index (χ1v) is 8.62. The van der Waals surface area contributed by atoms with Crippen LogP contribution in [-0.4, -0.2) is 18.7 Å². The van der Waals surface area contributed by atoms with E-state index in [0.717, 1.165) is 12.8 Å². The molecule has 19 heavy (non-hydrogen) atoms. The molecule has 0 aliphatic carbocycles. The number of rotatable bonds is 8. The van der Waals surface area contributed by atoms with Gasteiger partial charge in [-0.25, -0.2) is 0 Å². The second-order valence-electron chi connectivity index (χ2n) is 4.56. The highest BCUT2D eigenvalue weighted by atomic mass is 32.2. The van der Waals surface area contributed by atoms with Gasteiger partial charge in [-0.15, -0.1) is 0 Å². The van der Waals surface area contributed by atoms with E-state index in [4.69, 9.17) is 4.55 Å². The van der Waals surface area contributed by atoms with Crippen molar-refractivity contribution >= 4 is 10.1 Å². The molecule has 0 amide bonds. The molecule has 0 aromatic heterocycles. The fraction of sp³-hybridized carbons (Fsp3) is 0.600. The van der Waals surface area contributed by atoms with Crippen LogP contribution in [0, 0.1) is 0 Å². The summed E-state index contributed by atoms with van der Waals surface area (Å²) in [6, 6.07) is 12.0. The number of hydrogen-bond donors (Lipinski definition) is 1. The van der Waals surface area contributed by atoms with Gasteiger partial charge in [0.25, 0.3) is 10.1 Å². The van der Waals surface area contributed by atoms with E-state index in [1.807, 2.05) is 36.4 Å². The van der Waals surface area contributed by atoms with Crippen LogP contribution in [-0.2, 0) is 10.1 Å². The highest BCUT2D eigenvalue weighted by molar-refractivity contribution is 7.85. The first-order valence-electron chi connectivity index (χ1n) is 7.01. The Kier molecular flexibility index (Phi) is 11.6. The predicted molar refractivity (Wildman–Crippen MR) is 80.9 cm³/mol. The van der Waals surface area contributed by atoms with E-state index in [9.17, 15) is 8.42 Å². The lowest BCUT2D eigenvalue weighted by molar-refractivity contribution is 0.478. The van der Waals surface area contributed by atoms with E-state index in [1.165, 1.54) is 25.7 Å². The zero-order valence-electron chi connectivity index (χ0n) is 11.8. The molecular formula is C15H26O3S. The molecule has 0 fully saturated rings. The van der Waals surface area contributed by atoms with Gasteiger partial charge in [0.1, 0.15) is 0 Å². The second-order valence-corrected chi connectivity index (χ2v) is 6.13. The quantitative estimate of drug-likeness (QED) is 0.572. The topological polar surface area (TPSA) is 54.4 Å². The molecule has 1 N–H and O–H groups in total. The van der Waals surface area contributed by atoms with Gasteiger partial charge < -0.3 is 0 Å². The molecule has 0 aliphatic rings. The zero-order chi connectivity index (χ0) is 14.4. The fourth-order valence-corrected chi connectivity index (χ4v) is 2.20. The summed E-state index contributed by atoms with van der Waals surface area (Å²) >= 11 is 0. The lowest BCUT2D eigenvalue weighted by Crippen LogP contribution is -2.03. The summed E-state index contributed by atoms with van der Waals surface area (Å²) in [6.07, 6.45) is 7.48. The van der Waals surface area contributed by atoms with Crippen LogP contribution in [0.25, 0.3) is 0 Å². The van der Waals surface area contributed by atoms with Crippen LogP contribution in [0.2, 0.25) is 0 Å². The molecule has 0 aliphatic heterocycles. The molecule has 0 atom stereocenters. The number of unbranched alkanes of at least 4 members (excludes halogenated alkanes) is 6. The van der Waals surface area contributed by atoms with Crippen molar-refractivity contribution in [3.63, 3.8) is 0 Å². The first-order chi connectivity index (χ1) is 9.06. The Morgan fingerprint density at radius 1 is 0.737 bits per heavy atom. The Bertz CT molecular complexity index is 347. The van der Waals surface area contributed by atoms with Crippen LogP contribution in [0.15, 0.2) is 36.4 Å². The van der Waals surface area contributed by atoms with E-state index in [1.54, 1.807) is 0 Å². The first kappa shape index (κ1) is 18.1. The van der Waals surface area contributed by atoms with Crippen molar-refractivity contribution in [3.8, 4) is 0 Å². The maximum absolute atomic E-state index is 10.3. The van der Waals surface area contributed by atoms with Gasteiger partial charge in [0.05, 0.1) is 5.75 Å².